The van der Waals surface area contributed by atoms with Gasteiger partial charge in [-0.1, -0.05) is 0 Å². The second-order valence-corrected chi connectivity index (χ2v) is 6.34. The van der Waals surface area contributed by atoms with Crippen molar-refractivity contribution < 1.29 is 0 Å². The quantitative estimate of drug-likeness (QED) is 0.322. The Morgan fingerprint density at radius 1 is 1.00 bits per heavy atom. The molecule has 1 aromatic rings. The number of nitrogens with zero attached hydrogens (tertiary/aromatic N) is 1. The van der Waals surface area contributed by atoms with E-state index >= 15 is 0 Å². The van der Waals surface area contributed by atoms with Crippen molar-refractivity contribution in [2.45, 2.75) is 65.2 Å². The van der Waals surface area contributed by atoms with Gasteiger partial charge in [-0.05, 0) is 0 Å². The summed E-state index contributed by atoms with van der Waals surface area (Å²) in [6.45, 7) is 5.34. The van der Waals surface area contributed by atoms with Crippen LogP contribution in [0.1, 0.15) is 69.4 Å². The first-order valence-corrected chi connectivity index (χ1v) is 8.88. The van der Waals surface area contributed by atoms with E-state index in [2.05, 4.69) is 59.1 Å². The maximum atomic E-state index is 4.64. The number of benzene rings is 1. The summed E-state index contributed by atoms with van der Waals surface area (Å²) in [6, 6.07) is 8.52. The van der Waals surface area contributed by atoms with Crippen LogP contribution in [0.25, 0.3) is 0 Å². The van der Waals surface area contributed by atoms with Crippen LogP contribution >= 0.6 is 0 Å². The fourth-order valence-corrected chi connectivity index (χ4v) is 2.75. The molecule has 0 spiro atoms. The predicted octanol–water partition coefficient (Wildman–Crippen LogP) is 5.05. The number of aliphatic imine (C=N–C) groups is 1. The van der Waals surface area contributed by atoms with Crippen molar-refractivity contribution >= 4 is 20.6 Å². The van der Waals surface area contributed by atoms with Crippen LogP contribution in [0.3, 0.4) is 0 Å². The number of hydrogen-bond donors (Lipinski definition) is 0. The molecule has 0 N–H and O–H groups in total. The molecule has 1 rings (SSSR count). The summed E-state index contributed by atoms with van der Waals surface area (Å²) >= 11 is 3.10. The molecule has 1 nitrogen and oxygen atoms in total. The van der Waals surface area contributed by atoms with Crippen LogP contribution in [0.4, 0.5) is 0 Å². The average Bonchev–Trinajstić information content (AvgIpc) is 2.45. The third-order valence-corrected chi connectivity index (χ3v) is 4.30. The Morgan fingerprint density at radius 2 is 1.65 bits per heavy atom. The van der Waals surface area contributed by atoms with E-state index in [9.17, 15) is 0 Å². The second-order valence-electron chi connectivity index (χ2n) is 5.53. The number of hydrogen-bond acceptors (Lipinski definition) is 1. The minimum atomic E-state index is 0.950. The van der Waals surface area contributed by atoms with Gasteiger partial charge in [-0.3, -0.25) is 0 Å². The fraction of sp³-hybridized carbons (Fsp3) is 0.611. The van der Waals surface area contributed by atoms with Gasteiger partial charge in [-0.2, -0.15) is 0 Å². The van der Waals surface area contributed by atoms with Crippen molar-refractivity contribution in [3.63, 3.8) is 0 Å². The molecule has 111 valence electrons. The van der Waals surface area contributed by atoms with Gasteiger partial charge in [0.05, 0.1) is 0 Å². The zero-order valence-electron chi connectivity index (χ0n) is 13.0. The molecule has 0 heterocycles. The second kappa shape index (κ2) is 11.1. The van der Waals surface area contributed by atoms with Gasteiger partial charge in [-0.25, -0.2) is 0 Å². The molecular weight excluding hydrogens is 309 g/mol. The van der Waals surface area contributed by atoms with Crippen molar-refractivity contribution in [2.75, 3.05) is 6.54 Å². The van der Waals surface area contributed by atoms with Gasteiger partial charge in [0.2, 0.25) is 0 Å². The van der Waals surface area contributed by atoms with Crippen molar-refractivity contribution in [1.82, 2.24) is 0 Å². The van der Waals surface area contributed by atoms with Crippen molar-refractivity contribution in [3.05, 3.63) is 35.4 Å². The van der Waals surface area contributed by atoms with Gasteiger partial charge in [0.15, 0.2) is 0 Å². The van der Waals surface area contributed by atoms with E-state index in [0.717, 1.165) is 11.2 Å². The van der Waals surface area contributed by atoms with Gasteiger partial charge in [0.25, 0.3) is 0 Å². The van der Waals surface area contributed by atoms with Gasteiger partial charge in [0, 0.05) is 0 Å². The van der Waals surface area contributed by atoms with Crippen molar-refractivity contribution in [1.29, 1.82) is 0 Å². The average molecular weight is 337 g/mol. The van der Waals surface area contributed by atoms with E-state index in [-0.39, 0.29) is 0 Å². The molecule has 0 saturated carbocycles. The van der Waals surface area contributed by atoms with Gasteiger partial charge >= 0.3 is 133 Å². The molecule has 2 heteroatoms. The van der Waals surface area contributed by atoms with Crippen LogP contribution in [0.15, 0.2) is 29.3 Å². The number of rotatable bonds is 10. The first kappa shape index (κ1) is 17.5. The fourth-order valence-electron chi connectivity index (χ4n) is 2.30. The topological polar surface area (TPSA) is 12.4 Å². The molecule has 0 aliphatic heterocycles. The van der Waals surface area contributed by atoms with Crippen LogP contribution in [0, 0.1) is 6.92 Å². The summed E-state index contributed by atoms with van der Waals surface area (Å²) in [5.41, 5.74) is 2.50. The third-order valence-electron chi connectivity index (χ3n) is 3.53. The molecule has 1 radical (unpaired) electrons. The van der Waals surface area contributed by atoms with E-state index in [0.29, 0.717) is 0 Å². The monoisotopic (exact) mass is 338 g/mol. The molecule has 0 aliphatic rings. The number of unbranched alkanes of at least 4 members (excludes halogenated alkanes) is 7. The van der Waals surface area contributed by atoms with Gasteiger partial charge in [0.1, 0.15) is 0 Å². The molecule has 0 atom stereocenters. The standard InChI is InChI=1S/C18H28NSe/c1-3-4-5-6-7-8-9-10-14-19-18(20)17-13-11-12-16(2)15-17/h11-13,15H,3-10,14H2,1-2H3. The minimum absolute atomic E-state index is 0.950. The molecule has 20 heavy (non-hydrogen) atoms. The zero-order chi connectivity index (χ0) is 14.6. The normalized spacial score (nSPS) is 11.8. The molecule has 0 amide bonds. The summed E-state index contributed by atoms with van der Waals surface area (Å²) in [7, 11) is 0. The van der Waals surface area contributed by atoms with Crippen LogP contribution < -0.4 is 0 Å². The predicted molar refractivity (Wildman–Crippen MR) is 90.9 cm³/mol. The van der Waals surface area contributed by atoms with Crippen LogP contribution in [0.5, 0.6) is 0 Å². The van der Waals surface area contributed by atoms with Crippen molar-refractivity contribution in [2.24, 2.45) is 4.99 Å². The summed E-state index contributed by atoms with van der Waals surface area (Å²) in [4.78, 5) is 4.64. The molecule has 0 unspecified atom stereocenters. The van der Waals surface area contributed by atoms with E-state index in [1.165, 1.54) is 62.5 Å². The van der Waals surface area contributed by atoms with Gasteiger partial charge in [-0.15, -0.1) is 0 Å². The zero-order valence-corrected chi connectivity index (χ0v) is 14.7. The summed E-state index contributed by atoms with van der Waals surface area (Å²) in [5, 5.41) is 0. The maximum absolute atomic E-state index is 4.64. The Balaban J connectivity index is 2.12. The Bertz CT molecular complexity index is 398. The Hall–Kier alpha value is -0.591. The number of aryl methyl sites for hydroxylation is 1. The molecule has 0 aliphatic carbocycles. The molecule has 0 bridgehead atoms. The molecule has 1 aromatic carbocycles. The Labute approximate surface area is 133 Å². The van der Waals surface area contributed by atoms with E-state index in [1.807, 2.05) is 0 Å². The van der Waals surface area contributed by atoms with E-state index < -0.39 is 0 Å². The molecule has 0 aromatic heterocycles. The molecule has 0 fully saturated rings. The first-order chi connectivity index (χ1) is 9.74. The Kier molecular flexibility index (Phi) is 9.70. The van der Waals surface area contributed by atoms with Gasteiger partial charge < -0.3 is 0 Å². The van der Waals surface area contributed by atoms with Crippen molar-refractivity contribution in [3.8, 4) is 0 Å². The van der Waals surface area contributed by atoms with Crippen LogP contribution in [-0.4, -0.2) is 27.2 Å². The molecule has 0 saturated heterocycles. The SMILES string of the molecule is CCCCCCCCCCN=C([Se])c1cccc(C)c1. The molecular formula is C18H28NSe. The third kappa shape index (κ3) is 7.87. The summed E-state index contributed by atoms with van der Waals surface area (Å²) in [6.07, 6.45) is 10.9. The van der Waals surface area contributed by atoms with E-state index in [4.69, 9.17) is 0 Å². The van der Waals surface area contributed by atoms with Crippen LogP contribution in [-0.2, 0) is 0 Å². The Morgan fingerprint density at radius 3 is 2.30 bits per heavy atom. The summed E-state index contributed by atoms with van der Waals surface area (Å²) < 4.78 is 1.05. The first-order valence-electron chi connectivity index (χ1n) is 8.02. The summed E-state index contributed by atoms with van der Waals surface area (Å²) in [5.74, 6) is 0. The van der Waals surface area contributed by atoms with E-state index in [1.54, 1.807) is 0 Å². The van der Waals surface area contributed by atoms with Crippen LogP contribution in [0.2, 0.25) is 0 Å².